The second-order valence-electron chi connectivity index (χ2n) is 4.31. The molecule has 0 bridgehead atoms. The Hall–Kier alpha value is -0.650. The predicted octanol–water partition coefficient (Wildman–Crippen LogP) is 0.481. The number of amides is 1. The second kappa shape index (κ2) is 9.39. The van der Waals surface area contributed by atoms with Gasteiger partial charge in [0.2, 0.25) is 5.91 Å². The molecule has 5 heteroatoms. The minimum atomic E-state index is -0.0452. The molecule has 0 aromatic rings. The van der Waals surface area contributed by atoms with Gasteiger partial charge in [0, 0.05) is 26.7 Å². The van der Waals surface area contributed by atoms with Crippen LogP contribution in [0.4, 0.5) is 0 Å². The molecule has 0 radical (unpaired) electrons. The average molecular weight is 246 g/mol. The molecule has 0 spiro atoms. The Morgan fingerprint density at radius 1 is 1.29 bits per heavy atom. The first-order valence-electron chi connectivity index (χ1n) is 6.06. The zero-order valence-corrected chi connectivity index (χ0v) is 11.4. The first-order valence-corrected chi connectivity index (χ1v) is 6.06. The van der Waals surface area contributed by atoms with Gasteiger partial charge in [-0.3, -0.25) is 4.79 Å². The van der Waals surface area contributed by atoms with Crippen LogP contribution < -0.4 is 5.73 Å². The van der Waals surface area contributed by atoms with Crippen molar-refractivity contribution in [1.29, 1.82) is 0 Å². The summed E-state index contributed by atoms with van der Waals surface area (Å²) >= 11 is 0. The molecular weight excluding hydrogens is 220 g/mol. The molecule has 2 unspecified atom stereocenters. The standard InChI is InChI=1S/C12H26N2O3/c1-10(5-6-13)12(15)14(7-8-16-3)11(2)9-17-4/h10-11H,5-9,13H2,1-4H3. The topological polar surface area (TPSA) is 64.8 Å². The summed E-state index contributed by atoms with van der Waals surface area (Å²) in [5.74, 6) is 0.0770. The molecular formula is C12H26N2O3. The van der Waals surface area contributed by atoms with Crippen molar-refractivity contribution in [2.24, 2.45) is 11.7 Å². The van der Waals surface area contributed by atoms with E-state index < -0.39 is 0 Å². The van der Waals surface area contributed by atoms with E-state index in [1.54, 1.807) is 14.2 Å². The molecule has 0 saturated heterocycles. The zero-order valence-electron chi connectivity index (χ0n) is 11.4. The first-order chi connectivity index (χ1) is 8.08. The van der Waals surface area contributed by atoms with Crippen LogP contribution in [0.25, 0.3) is 0 Å². The van der Waals surface area contributed by atoms with Gasteiger partial charge in [0.05, 0.1) is 19.3 Å². The number of methoxy groups -OCH3 is 2. The summed E-state index contributed by atoms with van der Waals surface area (Å²) in [7, 11) is 3.27. The molecule has 2 atom stereocenters. The van der Waals surface area contributed by atoms with Crippen molar-refractivity contribution in [2.75, 3.05) is 40.5 Å². The fourth-order valence-corrected chi connectivity index (χ4v) is 1.73. The lowest BCUT2D eigenvalue weighted by Gasteiger charge is -2.31. The van der Waals surface area contributed by atoms with Gasteiger partial charge in [-0.1, -0.05) is 6.92 Å². The van der Waals surface area contributed by atoms with E-state index in [1.165, 1.54) is 0 Å². The van der Waals surface area contributed by atoms with Crippen LogP contribution in [0.2, 0.25) is 0 Å². The maximum absolute atomic E-state index is 12.2. The fourth-order valence-electron chi connectivity index (χ4n) is 1.73. The Bertz CT molecular complexity index is 212. The summed E-state index contributed by atoms with van der Waals surface area (Å²) in [6.07, 6.45) is 0.710. The van der Waals surface area contributed by atoms with Crippen molar-refractivity contribution >= 4 is 5.91 Å². The molecule has 0 heterocycles. The summed E-state index contributed by atoms with van der Waals surface area (Å²) in [6.45, 7) is 6.08. The van der Waals surface area contributed by atoms with Gasteiger partial charge in [-0.15, -0.1) is 0 Å². The number of carbonyl (C=O) groups excluding carboxylic acids is 1. The SMILES string of the molecule is COCCN(C(=O)C(C)CCN)C(C)COC. The molecule has 0 saturated carbocycles. The van der Waals surface area contributed by atoms with E-state index in [9.17, 15) is 4.79 Å². The summed E-state index contributed by atoms with van der Waals surface area (Å²) in [4.78, 5) is 14.0. The zero-order chi connectivity index (χ0) is 13.3. The number of ether oxygens (including phenoxy) is 2. The Labute approximate surface area is 104 Å². The van der Waals surface area contributed by atoms with Crippen molar-refractivity contribution in [3.8, 4) is 0 Å². The van der Waals surface area contributed by atoms with E-state index in [2.05, 4.69) is 0 Å². The summed E-state index contributed by atoms with van der Waals surface area (Å²) in [5, 5.41) is 0. The number of carbonyl (C=O) groups is 1. The van der Waals surface area contributed by atoms with Gasteiger partial charge in [-0.25, -0.2) is 0 Å². The lowest BCUT2D eigenvalue weighted by Crippen LogP contribution is -2.45. The molecule has 0 aliphatic heterocycles. The van der Waals surface area contributed by atoms with Crippen LogP contribution in [-0.4, -0.2) is 57.4 Å². The molecule has 17 heavy (non-hydrogen) atoms. The second-order valence-corrected chi connectivity index (χ2v) is 4.31. The van der Waals surface area contributed by atoms with Gasteiger partial charge in [-0.2, -0.15) is 0 Å². The lowest BCUT2D eigenvalue weighted by atomic mass is 10.1. The van der Waals surface area contributed by atoms with E-state index in [0.717, 1.165) is 0 Å². The first kappa shape index (κ1) is 16.4. The molecule has 2 N–H and O–H groups in total. The van der Waals surface area contributed by atoms with Crippen molar-refractivity contribution in [1.82, 2.24) is 4.90 Å². The van der Waals surface area contributed by atoms with Gasteiger partial charge in [0.25, 0.3) is 0 Å². The lowest BCUT2D eigenvalue weighted by molar-refractivity contribution is -0.139. The average Bonchev–Trinajstić information content (AvgIpc) is 2.30. The van der Waals surface area contributed by atoms with Gasteiger partial charge in [-0.05, 0) is 19.9 Å². The van der Waals surface area contributed by atoms with Crippen LogP contribution in [-0.2, 0) is 14.3 Å². The van der Waals surface area contributed by atoms with Gasteiger partial charge in [0.1, 0.15) is 0 Å². The largest absolute Gasteiger partial charge is 0.383 e. The molecule has 0 aliphatic rings. The molecule has 102 valence electrons. The third-order valence-electron chi connectivity index (χ3n) is 2.78. The molecule has 0 aromatic heterocycles. The number of nitrogens with zero attached hydrogens (tertiary/aromatic N) is 1. The summed E-state index contributed by atoms with van der Waals surface area (Å²) in [6, 6.07) is 0.0582. The van der Waals surface area contributed by atoms with Gasteiger partial charge >= 0.3 is 0 Å². The van der Waals surface area contributed by atoms with Gasteiger partial charge in [0.15, 0.2) is 0 Å². The van der Waals surface area contributed by atoms with E-state index in [-0.39, 0.29) is 17.9 Å². The molecule has 0 fully saturated rings. The Morgan fingerprint density at radius 2 is 1.94 bits per heavy atom. The minimum absolute atomic E-state index is 0.0452. The molecule has 0 aliphatic carbocycles. The van der Waals surface area contributed by atoms with Crippen LogP contribution >= 0.6 is 0 Å². The van der Waals surface area contributed by atoms with Crippen LogP contribution in [0.1, 0.15) is 20.3 Å². The molecule has 0 aromatic carbocycles. The molecule has 1 amide bonds. The minimum Gasteiger partial charge on any atom is -0.383 e. The van der Waals surface area contributed by atoms with Crippen molar-refractivity contribution in [3.05, 3.63) is 0 Å². The highest BCUT2D eigenvalue weighted by atomic mass is 16.5. The van der Waals surface area contributed by atoms with E-state index >= 15 is 0 Å². The number of hydrogen-bond acceptors (Lipinski definition) is 4. The quantitative estimate of drug-likeness (QED) is 0.643. The van der Waals surface area contributed by atoms with Crippen LogP contribution in [0.5, 0.6) is 0 Å². The summed E-state index contributed by atoms with van der Waals surface area (Å²) in [5.41, 5.74) is 5.48. The van der Waals surface area contributed by atoms with E-state index in [1.807, 2.05) is 18.7 Å². The highest BCUT2D eigenvalue weighted by Crippen LogP contribution is 2.10. The van der Waals surface area contributed by atoms with Crippen LogP contribution in [0.15, 0.2) is 0 Å². The Balaban J connectivity index is 4.48. The number of nitrogens with two attached hydrogens (primary N) is 1. The Kier molecular flexibility index (Phi) is 9.03. The fraction of sp³-hybridized carbons (Fsp3) is 0.917. The Morgan fingerprint density at radius 3 is 2.41 bits per heavy atom. The maximum Gasteiger partial charge on any atom is 0.225 e. The normalized spacial score (nSPS) is 14.4. The third kappa shape index (κ3) is 6.00. The van der Waals surface area contributed by atoms with Crippen molar-refractivity contribution in [3.63, 3.8) is 0 Å². The monoisotopic (exact) mass is 246 g/mol. The van der Waals surface area contributed by atoms with Crippen LogP contribution in [0.3, 0.4) is 0 Å². The maximum atomic E-state index is 12.2. The highest BCUT2D eigenvalue weighted by molar-refractivity contribution is 5.78. The predicted molar refractivity (Wildman–Crippen MR) is 67.8 cm³/mol. The van der Waals surface area contributed by atoms with Gasteiger partial charge < -0.3 is 20.1 Å². The smallest absolute Gasteiger partial charge is 0.225 e. The molecule has 0 rings (SSSR count). The molecule has 5 nitrogen and oxygen atoms in total. The van der Waals surface area contributed by atoms with Crippen LogP contribution in [0, 0.1) is 5.92 Å². The van der Waals surface area contributed by atoms with E-state index in [4.69, 9.17) is 15.2 Å². The van der Waals surface area contributed by atoms with E-state index in [0.29, 0.717) is 32.7 Å². The third-order valence-corrected chi connectivity index (χ3v) is 2.78. The van der Waals surface area contributed by atoms with Crippen molar-refractivity contribution < 1.29 is 14.3 Å². The highest BCUT2D eigenvalue weighted by Gasteiger charge is 2.23. The van der Waals surface area contributed by atoms with Crippen molar-refractivity contribution in [2.45, 2.75) is 26.3 Å². The number of rotatable bonds is 9. The summed E-state index contributed by atoms with van der Waals surface area (Å²) < 4.78 is 10.1. The number of hydrogen-bond donors (Lipinski definition) is 1.